The lowest BCUT2D eigenvalue weighted by molar-refractivity contribution is -0.161. The van der Waals surface area contributed by atoms with Gasteiger partial charge in [0.2, 0.25) is 11.8 Å². The van der Waals surface area contributed by atoms with E-state index in [0.717, 1.165) is 19.3 Å². The first-order chi connectivity index (χ1) is 16.1. The van der Waals surface area contributed by atoms with Crippen LogP contribution >= 0.6 is 23.1 Å². The van der Waals surface area contributed by atoms with Crippen molar-refractivity contribution in [3.05, 3.63) is 23.2 Å². The summed E-state index contributed by atoms with van der Waals surface area (Å²) >= 11 is 2.70. The van der Waals surface area contributed by atoms with Crippen molar-refractivity contribution in [2.45, 2.75) is 73.3 Å². The fraction of sp³-hybridized carbons (Fsp3) is 0.652. The fourth-order valence-corrected chi connectivity index (χ4v) is 8.37. The predicted molar refractivity (Wildman–Crippen MR) is 129 cm³/mol. The zero-order valence-corrected chi connectivity index (χ0v) is 21.0. The summed E-state index contributed by atoms with van der Waals surface area (Å²) in [6.45, 7) is 3.63. The van der Waals surface area contributed by atoms with Gasteiger partial charge in [0.05, 0.1) is 17.2 Å². The van der Waals surface area contributed by atoms with Gasteiger partial charge in [0.25, 0.3) is 0 Å². The molecule has 3 aliphatic carbocycles. The number of ether oxygens (including phenoxy) is 1. The van der Waals surface area contributed by atoms with Crippen molar-refractivity contribution < 1.29 is 24.2 Å². The number of methoxy groups -OCH3 is 1. The Bertz CT molecular complexity index is 1060. The maximum atomic E-state index is 13.6. The van der Waals surface area contributed by atoms with Crippen molar-refractivity contribution in [3.63, 3.8) is 0 Å². The second kappa shape index (κ2) is 8.23. The number of hydrogen-bond donors (Lipinski definition) is 3. The number of nitrogens with zero attached hydrogens (tertiary/aromatic N) is 2. The van der Waals surface area contributed by atoms with Gasteiger partial charge >= 0.3 is 5.97 Å². The number of β-lactam (4-membered cyclic amide) rings is 1. The van der Waals surface area contributed by atoms with Crippen molar-refractivity contribution in [2.75, 3.05) is 12.8 Å². The number of carbonyl (C=O) groups is 3. The summed E-state index contributed by atoms with van der Waals surface area (Å²) in [5.41, 5.74) is 6.10. The van der Waals surface area contributed by atoms with E-state index >= 15 is 0 Å². The molecule has 4 N–H and O–H groups in total. The Balaban J connectivity index is 1.36. The number of hydrogen-bond acceptors (Lipinski definition) is 8. The van der Waals surface area contributed by atoms with Gasteiger partial charge in [-0.15, -0.1) is 23.1 Å². The smallest absolute Gasteiger partial charge is 0.327 e. The normalized spacial score (nSPS) is 36.1. The van der Waals surface area contributed by atoms with Crippen LogP contribution in [0.25, 0.3) is 0 Å². The molecule has 4 unspecified atom stereocenters. The van der Waals surface area contributed by atoms with Gasteiger partial charge < -0.3 is 25.8 Å². The molecule has 34 heavy (non-hydrogen) atoms. The molecule has 2 aliphatic heterocycles. The van der Waals surface area contributed by atoms with E-state index in [9.17, 15) is 19.5 Å². The summed E-state index contributed by atoms with van der Waals surface area (Å²) in [7, 11) is 1.72. The third-order valence-electron chi connectivity index (χ3n) is 7.92. The summed E-state index contributed by atoms with van der Waals surface area (Å²) < 4.78 is 5.32. The largest absolute Gasteiger partial charge is 0.480 e. The van der Waals surface area contributed by atoms with Crippen LogP contribution in [0.5, 0.6) is 0 Å². The number of amides is 2. The molecule has 3 fully saturated rings. The summed E-state index contributed by atoms with van der Waals surface area (Å²) in [6, 6.07) is -1.66. The van der Waals surface area contributed by atoms with E-state index in [-0.39, 0.29) is 17.7 Å². The summed E-state index contributed by atoms with van der Waals surface area (Å²) in [5.74, 6) is -1.61. The second-order valence-electron chi connectivity index (χ2n) is 10.2. The van der Waals surface area contributed by atoms with Crippen molar-refractivity contribution in [2.24, 2.45) is 11.8 Å². The van der Waals surface area contributed by atoms with E-state index in [1.165, 1.54) is 28.0 Å². The molecule has 1 aromatic rings. The summed E-state index contributed by atoms with van der Waals surface area (Å²) in [6.07, 6.45) is 7.85. The summed E-state index contributed by atoms with van der Waals surface area (Å²) in [5, 5.41) is 14.4. The number of aromatic nitrogens is 1. The Labute approximate surface area is 206 Å². The number of carboxylic acids is 1. The van der Waals surface area contributed by atoms with E-state index in [2.05, 4.69) is 22.5 Å². The number of thiazole rings is 1. The van der Waals surface area contributed by atoms with Crippen LogP contribution in [0.1, 0.15) is 51.1 Å². The van der Waals surface area contributed by atoms with E-state index in [0.29, 0.717) is 23.2 Å². The van der Waals surface area contributed by atoms with Crippen molar-refractivity contribution in [3.8, 4) is 0 Å². The van der Waals surface area contributed by atoms with Crippen LogP contribution < -0.4 is 11.1 Å². The molecule has 5 aliphatic rings. The number of fused-ring (bicyclic) bond motifs is 3. The molecule has 9 nitrogen and oxygen atoms in total. The van der Waals surface area contributed by atoms with E-state index in [4.69, 9.17) is 10.5 Å². The van der Waals surface area contributed by atoms with Gasteiger partial charge in [-0.1, -0.05) is 12.2 Å². The molecule has 11 heteroatoms. The van der Waals surface area contributed by atoms with E-state index in [1.807, 2.05) is 13.8 Å². The highest BCUT2D eigenvalue weighted by atomic mass is 32.2. The third-order valence-corrected chi connectivity index (χ3v) is 10.2. The lowest BCUT2D eigenvalue weighted by Gasteiger charge is -2.48. The highest BCUT2D eigenvalue weighted by molar-refractivity contribution is 8.01. The molecule has 1 saturated carbocycles. The lowest BCUT2D eigenvalue weighted by atomic mass is 9.63. The SMILES string of the molecule is COC12C=CC(CC1)CC2CC(C(=O)N[C@@H]1C(=O)N2[C@@H]1SC(C)(C)[C@@H]2C(=O)O)c1csc(N)n1. The number of aliphatic carboxylic acids is 1. The number of carboxylic acid groups (broad SMARTS) is 1. The molecular weight excluding hydrogens is 476 g/mol. The van der Waals surface area contributed by atoms with Crippen molar-refractivity contribution in [1.29, 1.82) is 0 Å². The Morgan fingerprint density at radius 1 is 1.44 bits per heavy atom. The molecule has 3 heterocycles. The van der Waals surface area contributed by atoms with Gasteiger partial charge in [0.15, 0.2) is 5.13 Å². The van der Waals surface area contributed by atoms with Crippen LogP contribution in [-0.4, -0.2) is 67.7 Å². The minimum absolute atomic E-state index is 0.143. The number of rotatable bonds is 7. The zero-order chi connectivity index (χ0) is 24.4. The first kappa shape index (κ1) is 23.6. The molecular formula is C23H30N4O5S2. The number of nitrogens with two attached hydrogens (primary N) is 1. The third kappa shape index (κ3) is 3.63. The highest BCUT2D eigenvalue weighted by Gasteiger charge is 2.64. The van der Waals surface area contributed by atoms with Crippen LogP contribution in [0, 0.1) is 11.8 Å². The minimum atomic E-state index is -1.03. The van der Waals surface area contributed by atoms with Crippen molar-refractivity contribution in [1.82, 2.24) is 15.2 Å². The molecule has 2 amide bonds. The number of carbonyl (C=O) groups excluding carboxylic acids is 2. The molecule has 7 atom stereocenters. The van der Waals surface area contributed by atoms with Gasteiger partial charge in [-0.25, -0.2) is 9.78 Å². The van der Waals surface area contributed by atoms with Gasteiger partial charge in [-0.3, -0.25) is 9.59 Å². The topological polar surface area (TPSA) is 135 Å². The molecule has 1 aromatic heterocycles. The number of nitrogen functional groups attached to an aromatic ring is 1. The van der Waals surface area contributed by atoms with Gasteiger partial charge in [-0.05, 0) is 51.4 Å². The molecule has 6 rings (SSSR count). The van der Waals surface area contributed by atoms with Crippen LogP contribution in [0.2, 0.25) is 0 Å². The van der Waals surface area contributed by atoms with Crippen LogP contribution in [-0.2, 0) is 19.1 Å². The quantitative estimate of drug-likeness (QED) is 0.378. The van der Waals surface area contributed by atoms with E-state index < -0.39 is 39.7 Å². The Morgan fingerprint density at radius 3 is 2.79 bits per heavy atom. The van der Waals surface area contributed by atoms with Crippen LogP contribution in [0.4, 0.5) is 5.13 Å². The molecule has 0 aromatic carbocycles. The highest BCUT2D eigenvalue weighted by Crippen LogP contribution is 2.52. The molecule has 2 saturated heterocycles. The first-order valence-electron chi connectivity index (χ1n) is 11.5. The van der Waals surface area contributed by atoms with Gasteiger partial charge in [0, 0.05) is 17.2 Å². The maximum absolute atomic E-state index is 13.6. The maximum Gasteiger partial charge on any atom is 0.327 e. The van der Waals surface area contributed by atoms with Crippen LogP contribution in [0.15, 0.2) is 17.5 Å². The molecule has 0 spiro atoms. The molecule has 0 radical (unpaired) electrons. The number of nitrogens with one attached hydrogen (secondary N) is 1. The Kier molecular flexibility index (Phi) is 5.72. The zero-order valence-electron chi connectivity index (χ0n) is 19.4. The Hall–Kier alpha value is -2.11. The average Bonchev–Trinajstić information content (AvgIpc) is 3.34. The monoisotopic (exact) mass is 506 g/mol. The predicted octanol–water partition coefficient (Wildman–Crippen LogP) is 2.20. The van der Waals surface area contributed by atoms with Gasteiger partial charge in [0.1, 0.15) is 17.5 Å². The van der Waals surface area contributed by atoms with Gasteiger partial charge in [-0.2, -0.15) is 0 Å². The van der Waals surface area contributed by atoms with E-state index in [1.54, 1.807) is 12.5 Å². The first-order valence-corrected chi connectivity index (χ1v) is 13.3. The number of thioether (sulfide) groups is 1. The second-order valence-corrected chi connectivity index (χ2v) is 12.9. The number of anilines is 1. The summed E-state index contributed by atoms with van der Waals surface area (Å²) in [4.78, 5) is 44.1. The molecule has 2 bridgehead atoms. The fourth-order valence-electron chi connectivity index (χ4n) is 6.13. The van der Waals surface area contributed by atoms with Crippen LogP contribution in [0.3, 0.4) is 0 Å². The standard InChI is InChI=1S/C23H30N4O5S2/c1-22(2)16(20(30)31)27-18(29)15(19(27)34-22)26-17(28)13(14-10-33-21(24)25-14)9-12-8-11-4-6-23(12,32-3)7-5-11/h4,6,10-13,15-16,19H,5,7-9H2,1-3H3,(H2,24,25)(H,26,28)(H,30,31)/t11?,12?,13?,15-,16+,19-,23?/m1/s1. The van der Waals surface area contributed by atoms with Crippen molar-refractivity contribution >= 4 is 46.0 Å². The number of allylic oxidation sites excluding steroid dienone is 1. The Morgan fingerprint density at radius 2 is 2.21 bits per heavy atom. The molecule has 184 valence electrons. The minimum Gasteiger partial charge on any atom is -0.480 e. The lowest BCUT2D eigenvalue weighted by Crippen LogP contribution is -2.71. The average molecular weight is 507 g/mol.